The molecule has 0 fully saturated rings. The number of hydrogen-bond donors (Lipinski definition) is 1. The van der Waals surface area contributed by atoms with E-state index in [1.54, 1.807) is 24.3 Å². The predicted molar refractivity (Wildman–Crippen MR) is 126 cm³/mol. The van der Waals surface area contributed by atoms with Gasteiger partial charge in [0.2, 0.25) is 0 Å². The topological polar surface area (TPSA) is 85.1 Å². The van der Waals surface area contributed by atoms with Crippen LogP contribution in [-0.4, -0.2) is 28.0 Å². The lowest BCUT2D eigenvalue weighted by Crippen LogP contribution is -2.05. The highest BCUT2D eigenvalue weighted by Gasteiger charge is 2.17. The first-order valence-corrected chi connectivity index (χ1v) is 11.4. The molecule has 5 aromatic rings. The molecule has 1 N–H and O–H groups in total. The molecule has 0 saturated carbocycles. The lowest BCUT2D eigenvalue weighted by atomic mass is 10.1. The highest BCUT2D eigenvalue weighted by Crippen LogP contribution is 2.26. The summed E-state index contributed by atoms with van der Waals surface area (Å²) in [5.74, 6) is 0. The number of nitrogens with zero attached hydrogens (tertiary/aromatic N) is 3. The zero-order valence-electron chi connectivity index (χ0n) is 17.2. The molecule has 158 valence electrons. The van der Waals surface area contributed by atoms with Crippen LogP contribution in [0.25, 0.3) is 39.6 Å². The van der Waals surface area contributed by atoms with Crippen molar-refractivity contribution in [2.24, 2.45) is 0 Å². The Kier molecular flexibility index (Phi) is 4.84. The van der Waals surface area contributed by atoms with E-state index in [9.17, 15) is 13.0 Å². The van der Waals surface area contributed by atoms with E-state index in [-0.39, 0.29) is 4.90 Å². The highest BCUT2D eigenvalue weighted by molar-refractivity contribution is 7.86. The van der Waals surface area contributed by atoms with E-state index in [2.05, 4.69) is 16.3 Å². The molecule has 1 aromatic heterocycles. The van der Waals surface area contributed by atoms with Crippen LogP contribution in [0, 0.1) is 6.92 Å². The zero-order chi connectivity index (χ0) is 22.3. The largest absolute Gasteiger partial charge is 0.295 e. The molecule has 0 aliphatic heterocycles. The minimum absolute atomic E-state index is 0.205. The Labute approximate surface area is 185 Å². The van der Waals surface area contributed by atoms with Crippen LogP contribution >= 0.6 is 0 Å². The first-order chi connectivity index (χ1) is 15.4. The predicted octanol–water partition coefficient (Wildman–Crippen LogP) is 5.30. The van der Waals surface area contributed by atoms with Gasteiger partial charge < -0.3 is 0 Å². The van der Waals surface area contributed by atoms with E-state index >= 15 is 0 Å². The molecular formula is C25H19N3O3S. The fraction of sp³-hybridized carbons (Fsp3) is 0.0400. The maximum absolute atomic E-state index is 12.1. The minimum atomic E-state index is -4.46. The molecule has 0 amide bonds. The van der Waals surface area contributed by atoms with Crippen molar-refractivity contribution in [2.45, 2.75) is 11.8 Å². The molecule has 0 aliphatic rings. The monoisotopic (exact) mass is 441 g/mol. The number of rotatable bonds is 4. The summed E-state index contributed by atoms with van der Waals surface area (Å²) in [6.07, 6.45) is 3.45. The summed E-state index contributed by atoms with van der Waals surface area (Å²) in [4.78, 5) is 1.19. The van der Waals surface area contributed by atoms with Gasteiger partial charge in [0.05, 0.1) is 5.69 Å². The van der Waals surface area contributed by atoms with Crippen LogP contribution in [0.1, 0.15) is 16.7 Å². The van der Waals surface area contributed by atoms with Crippen LogP contribution in [0.2, 0.25) is 0 Å². The van der Waals surface area contributed by atoms with Crippen LogP contribution in [0.15, 0.2) is 83.8 Å². The molecule has 4 aromatic carbocycles. The Balaban J connectivity index is 1.61. The van der Waals surface area contributed by atoms with Crippen LogP contribution in [-0.2, 0) is 10.1 Å². The number of aromatic nitrogens is 3. The molecule has 0 aliphatic carbocycles. The van der Waals surface area contributed by atoms with Gasteiger partial charge in [-0.3, -0.25) is 4.55 Å². The van der Waals surface area contributed by atoms with Crippen molar-refractivity contribution in [3.8, 4) is 5.69 Å². The van der Waals surface area contributed by atoms with Crippen LogP contribution in [0.4, 0.5) is 0 Å². The van der Waals surface area contributed by atoms with E-state index in [1.807, 2.05) is 61.5 Å². The molecule has 0 radical (unpaired) electrons. The number of benzene rings is 4. The lowest BCUT2D eigenvalue weighted by molar-refractivity contribution is 0.483. The van der Waals surface area contributed by atoms with Crippen LogP contribution in [0.3, 0.4) is 0 Å². The van der Waals surface area contributed by atoms with Crippen molar-refractivity contribution >= 4 is 44.1 Å². The van der Waals surface area contributed by atoms with Crippen LogP contribution in [0.5, 0.6) is 0 Å². The van der Waals surface area contributed by atoms with Gasteiger partial charge in [0.1, 0.15) is 15.9 Å². The van der Waals surface area contributed by atoms with E-state index in [1.165, 1.54) is 10.9 Å². The third-order valence-corrected chi connectivity index (χ3v) is 6.19. The van der Waals surface area contributed by atoms with E-state index in [0.29, 0.717) is 16.8 Å². The maximum Gasteiger partial charge on any atom is 0.295 e. The average Bonchev–Trinajstić information content (AvgIpc) is 3.22. The average molecular weight is 442 g/mol. The fourth-order valence-corrected chi connectivity index (χ4v) is 4.40. The molecule has 0 bridgehead atoms. The Morgan fingerprint density at radius 2 is 1.69 bits per heavy atom. The van der Waals surface area contributed by atoms with Crippen molar-refractivity contribution in [3.63, 3.8) is 0 Å². The Bertz CT molecular complexity index is 1600. The van der Waals surface area contributed by atoms with Gasteiger partial charge in [-0.05, 0) is 41.6 Å². The summed E-state index contributed by atoms with van der Waals surface area (Å²) < 4.78 is 34.0. The van der Waals surface area contributed by atoms with Crippen molar-refractivity contribution in [1.29, 1.82) is 0 Å². The van der Waals surface area contributed by atoms with Gasteiger partial charge in [-0.1, -0.05) is 78.4 Å². The van der Waals surface area contributed by atoms with Crippen LogP contribution < -0.4 is 0 Å². The molecular weight excluding hydrogens is 422 g/mol. The third kappa shape index (κ3) is 3.79. The van der Waals surface area contributed by atoms with Gasteiger partial charge in [0, 0.05) is 5.39 Å². The maximum atomic E-state index is 12.1. The van der Waals surface area contributed by atoms with Crippen molar-refractivity contribution in [3.05, 3.63) is 95.6 Å². The standard InChI is InChI=1S/C25H19N3O3S/c1-17-7-13-22-20(15-17)11-14-23-25(22)27-28(26-23)21-12-10-19(24(16-21)32(29,30)31)9-8-18-5-3-2-4-6-18/h2-16H,1H3,(H,29,30,31). The quantitative estimate of drug-likeness (QED) is 0.302. The second-order valence-electron chi connectivity index (χ2n) is 7.59. The second kappa shape index (κ2) is 7.71. The SMILES string of the molecule is Cc1ccc2c(ccc3nn(-c4ccc(C=Cc5ccccc5)c(S(=O)(=O)O)c4)nc32)c1. The summed E-state index contributed by atoms with van der Waals surface area (Å²) in [5, 5.41) is 11.1. The van der Waals surface area contributed by atoms with E-state index in [0.717, 1.165) is 27.4 Å². The van der Waals surface area contributed by atoms with Crippen molar-refractivity contribution in [2.75, 3.05) is 0 Å². The van der Waals surface area contributed by atoms with Gasteiger partial charge in [0.25, 0.3) is 10.1 Å². The second-order valence-corrected chi connectivity index (χ2v) is 8.98. The molecule has 32 heavy (non-hydrogen) atoms. The van der Waals surface area contributed by atoms with Gasteiger partial charge in [-0.25, -0.2) is 0 Å². The number of fused-ring (bicyclic) bond motifs is 3. The minimum Gasteiger partial charge on any atom is -0.282 e. The smallest absolute Gasteiger partial charge is 0.282 e. The molecule has 0 atom stereocenters. The molecule has 0 spiro atoms. The summed E-state index contributed by atoms with van der Waals surface area (Å²) in [5.41, 5.74) is 4.30. The van der Waals surface area contributed by atoms with Crippen molar-refractivity contribution < 1.29 is 13.0 Å². The van der Waals surface area contributed by atoms with Gasteiger partial charge in [0.15, 0.2) is 0 Å². The first-order valence-electron chi connectivity index (χ1n) is 10.00. The highest BCUT2D eigenvalue weighted by atomic mass is 32.2. The molecule has 5 rings (SSSR count). The number of hydrogen-bond acceptors (Lipinski definition) is 4. The molecule has 0 saturated heterocycles. The third-order valence-electron chi connectivity index (χ3n) is 5.28. The number of aryl methyl sites for hydroxylation is 1. The van der Waals surface area contributed by atoms with E-state index < -0.39 is 10.1 Å². The van der Waals surface area contributed by atoms with Gasteiger partial charge in [-0.2, -0.15) is 13.2 Å². The van der Waals surface area contributed by atoms with Crippen molar-refractivity contribution in [1.82, 2.24) is 15.0 Å². The van der Waals surface area contributed by atoms with Gasteiger partial charge in [-0.15, -0.1) is 10.2 Å². The molecule has 0 unspecified atom stereocenters. The summed E-state index contributed by atoms with van der Waals surface area (Å²) in [7, 11) is -4.46. The summed E-state index contributed by atoms with van der Waals surface area (Å²) >= 11 is 0. The van der Waals surface area contributed by atoms with E-state index in [4.69, 9.17) is 0 Å². The summed E-state index contributed by atoms with van der Waals surface area (Å²) in [6.45, 7) is 2.03. The first kappa shape index (κ1) is 20.1. The molecule has 6 nitrogen and oxygen atoms in total. The molecule has 7 heteroatoms. The Morgan fingerprint density at radius 1 is 0.875 bits per heavy atom. The molecule has 1 heterocycles. The Morgan fingerprint density at radius 3 is 2.47 bits per heavy atom. The normalized spacial score (nSPS) is 12.2. The van der Waals surface area contributed by atoms with Gasteiger partial charge >= 0.3 is 0 Å². The fourth-order valence-electron chi connectivity index (χ4n) is 3.70. The Hall–Kier alpha value is -3.81. The zero-order valence-corrected chi connectivity index (χ0v) is 18.0. The summed E-state index contributed by atoms with van der Waals surface area (Å²) in [6, 6.07) is 24.2. The lowest BCUT2D eigenvalue weighted by Gasteiger charge is -2.06.